The second kappa shape index (κ2) is 30.1. The van der Waals surface area contributed by atoms with E-state index < -0.39 is 120 Å². The number of amides is 1. The van der Waals surface area contributed by atoms with Crippen LogP contribution < -0.4 is 0 Å². The zero-order chi connectivity index (χ0) is 57.5. The molecule has 0 aromatic rings. The van der Waals surface area contributed by atoms with Gasteiger partial charge in [0.25, 0.3) is 11.7 Å². The van der Waals surface area contributed by atoms with Gasteiger partial charge in [-0.1, -0.05) is 71.1 Å². The molecule has 5 rings (SSSR count). The van der Waals surface area contributed by atoms with Crippen LogP contribution in [0, 0.1) is 35.5 Å². The molecule has 5 aliphatic rings. The van der Waals surface area contributed by atoms with E-state index in [-0.39, 0.29) is 54.8 Å². The first kappa shape index (κ1) is 64.9. The zero-order valence-electron chi connectivity index (χ0n) is 46.6. The Bertz CT molecular complexity index is 2190. The molecule has 0 radical (unpaired) electrons. The average molecular weight is 1090 g/mol. The van der Waals surface area contributed by atoms with E-state index in [2.05, 4.69) is 4.74 Å². The van der Waals surface area contributed by atoms with Crippen molar-refractivity contribution in [1.29, 1.82) is 0 Å². The van der Waals surface area contributed by atoms with Crippen molar-refractivity contribution in [3.8, 4) is 0 Å². The number of ether oxygens (including phenoxy) is 6. The van der Waals surface area contributed by atoms with E-state index in [0.717, 1.165) is 12.0 Å². The van der Waals surface area contributed by atoms with Crippen molar-refractivity contribution in [2.75, 3.05) is 34.5 Å². The molecule has 1 aliphatic carbocycles. The van der Waals surface area contributed by atoms with Crippen molar-refractivity contribution >= 4 is 35.2 Å². The van der Waals surface area contributed by atoms with Crippen molar-refractivity contribution in [2.24, 2.45) is 35.5 Å². The number of piperidine rings is 1. The Labute approximate surface area is 453 Å². The quantitative estimate of drug-likeness (QED) is 0.0978. The van der Waals surface area contributed by atoms with E-state index in [0.29, 0.717) is 63.4 Å². The number of carbonyl (C=O) groups excluding carboxylic acids is 6. The molecule has 0 aromatic heterocycles. The molecule has 4 heterocycles. The molecule has 1 amide bonds. The third kappa shape index (κ3) is 17.2. The molecule has 2 saturated heterocycles. The second-order valence-electron chi connectivity index (χ2n) is 21.9. The number of carbonyl (C=O) groups is 6. The first-order valence-electron chi connectivity index (χ1n) is 27.1. The van der Waals surface area contributed by atoms with Gasteiger partial charge < -0.3 is 69.1 Å². The van der Waals surface area contributed by atoms with Crippen LogP contribution in [-0.2, 0) is 57.2 Å². The molecule has 77 heavy (non-hydrogen) atoms. The van der Waals surface area contributed by atoms with Crippen LogP contribution in [0.2, 0.25) is 0 Å². The van der Waals surface area contributed by atoms with Crippen molar-refractivity contribution < 1.29 is 92.9 Å². The Balaban J connectivity index is 0.000000936. The van der Waals surface area contributed by atoms with Gasteiger partial charge >= 0.3 is 11.9 Å². The third-order valence-corrected chi connectivity index (χ3v) is 16.0. The van der Waals surface area contributed by atoms with Crippen LogP contribution in [0.5, 0.6) is 0 Å². The molecule has 2 bridgehead atoms. The predicted molar refractivity (Wildman–Crippen MR) is 280 cm³/mol. The van der Waals surface area contributed by atoms with Gasteiger partial charge in [-0.15, -0.1) is 0 Å². The van der Waals surface area contributed by atoms with Gasteiger partial charge in [0.2, 0.25) is 11.5 Å². The number of cyclic esters (lactones) is 2. The highest BCUT2D eigenvalue weighted by molar-refractivity contribution is 6.39. The van der Waals surface area contributed by atoms with E-state index in [4.69, 9.17) is 44.1 Å². The van der Waals surface area contributed by atoms with Gasteiger partial charge in [0.05, 0.1) is 31.0 Å². The fourth-order valence-electron chi connectivity index (χ4n) is 10.9. The standard InChI is InChI=1S/C51H79NO13.C6H8O6/c1-30-16-12-11-13-17-31(2)42(61-8)28-38-21-19-36(7)51(60,65-38)48(57)49(58)52-23-15-14-18-39(52)50(59)64-43(33(4)26-37-20-22-40(53)44(27-37)62-9)29-41(54)32(3)25-35(6)46(56)47(63-10)45(55)34(5)24-30;7-1-2(8)5-3(9)4(10)6(11)12-5/h11-13,16-17,25,30,32-34,36-40,42-44,46-47,53,56,60H,14-15,18-24,26-29H2,1-10H3;2,5,7-10H,1H2/b13-11?,16-12+,31-17?,35-25+;/t30-,32-,33-,34-,36-,37+,38+,39+,40-,42+,43+,44-,46-,47+,51-;2-,5+/m10/s1. The number of aliphatic hydroxyl groups excluding tert-OH is 6. The molecule has 434 valence electrons. The largest absolute Gasteiger partial charge is 0.505 e. The number of nitrogens with zero attached hydrogens (tertiary/aromatic N) is 1. The van der Waals surface area contributed by atoms with Crippen LogP contribution in [0.4, 0.5) is 0 Å². The summed E-state index contributed by atoms with van der Waals surface area (Å²) in [6.07, 6.45) is 8.41. The summed E-state index contributed by atoms with van der Waals surface area (Å²) in [5.74, 6) is -10.7. The number of rotatable bonds is 8. The summed E-state index contributed by atoms with van der Waals surface area (Å²) in [5, 5.41) is 68.9. The first-order valence-corrected chi connectivity index (χ1v) is 27.1. The Morgan fingerprint density at radius 1 is 0.831 bits per heavy atom. The molecule has 17 atom stereocenters. The summed E-state index contributed by atoms with van der Waals surface area (Å²) in [6.45, 7) is 12.1. The maximum atomic E-state index is 14.4. The van der Waals surface area contributed by atoms with Crippen LogP contribution in [0.15, 0.2) is 59.1 Å². The number of Topliss-reactive ketones (excluding diaryl/α,β-unsaturated/α-hetero) is 3. The van der Waals surface area contributed by atoms with Gasteiger partial charge in [-0.2, -0.15) is 0 Å². The molecule has 20 nitrogen and oxygen atoms in total. The summed E-state index contributed by atoms with van der Waals surface area (Å²) in [6, 6.07) is -1.14. The number of esters is 2. The molecule has 1 saturated carbocycles. The van der Waals surface area contributed by atoms with Crippen molar-refractivity contribution in [2.45, 2.75) is 192 Å². The average Bonchev–Trinajstić information content (AvgIpc) is 3.67. The smallest absolute Gasteiger partial charge is 0.377 e. The molecule has 0 aromatic carbocycles. The number of hydrogen-bond donors (Lipinski definition) is 7. The maximum absolute atomic E-state index is 14.4. The molecular weight excluding hydrogens is 1000 g/mol. The molecular formula is C57H87NO19. The predicted octanol–water partition coefficient (Wildman–Crippen LogP) is 4.77. The fourth-order valence-corrected chi connectivity index (χ4v) is 10.9. The molecule has 3 fully saturated rings. The summed E-state index contributed by atoms with van der Waals surface area (Å²) >= 11 is 0. The van der Waals surface area contributed by atoms with Crippen LogP contribution >= 0.6 is 0 Å². The van der Waals surface area contributed by atoms with Gasteiger partial charge in [0.1, 0.15) is 36.2 Å². The minimum atomic E-state index is -2.43. The van der Waals surface area contributed by atoms with Crippen LogP contribution in [0.1, 0.15) is 126 Å². The molecule has 20 heteroatoms. The zero-order valence-corrected chi connectivity index (χ0v) is 46.6. The van der Waals surface area contributed by atoms with E-state index in [1.54, 1.807) is 41.1 Å². The van der Waals surface area contributed by atoms with E-state index >= 15 is 0 Å². The van der Waals surface area contributed by atoms with Gasteiger partial charge in [-0.05, 0) is 107 Å². The molecule has 0 unspecified atom stereocenters. The normalized spacial score (nSPS) is 37.1. The highest BCUT2D eigenvalue weighted by Gasteiger charge is 2.53. The number of aliphatic hydroxyl groups is 7. The number of hydrogen-bond acceptors (Lipinski definition) is 19. The Kier molecular flexibility index (Phi) is 25.4. The maximum Gasteiger partial charge on any atom is 0.377 e. The van der Waals surface area contributed by atoms with E-state index in [1.807, 2.05) is 58.1 Å². The van der Waals surface area contributed by atoms with E-state index in [1.165, 1.54) is 12.0 Å². The SMILES string of the molecule is CO[C@H]1C[C@@H]2CC[C@@H](C)[C@@](O)(O2)C(=O)C(=O)N2CCCC[C@H]2C(=O)O[C@H]([C@H](C)C[C@@H]2CC[C@@H](O)[C@H](OC)C2)CC(=O)[C@H](C)/C=C(\C)[C@@H](O)[C@@H](OC)C(=O)[C@H](C)C[C@H](C)/C=C/C=CC=C1C.O=C1O[C@H]([C@@H](O)CO)C(O)=C1O. The van der Waals surface area contributed by atoms with Crippen molar-refractivity contribution in [3.05, 3.63) is 59.1 Å². The molecule has 0 spiro atoms. The number of allylic oxidation sites excluding steroid dienone is 6. The number of ketones is 3. The Morgan fingerprint density at radius 3 is 2.16 bits per heavy atom. The third-order valence-electron chi connectivity index (χ3n) is 16.0. The molecule has 4 aliphatic heterocycles. The van der Waals surface area contributed by atoms with E-state index in [9.17, 15) is 44.1 Å². The van der Waals surface area contributed by atoms with Crippen LogP contribution in [0.25, 0.3) is 0 Å². The fraction of sp³-hybridized carbons (Fsp3) is 0.719. The highest BCUT2D eigenvalue weighted by Crippen LogP contribution is 2.38. The highest BCUT2D eigenvalue weighted by atomic mass is 16.6. The van der Waals surface area contributed by atoms with Gasteiger partial charge in [0.15, 0.2) is 17.6 Å². The summed E-state index contributed by atoms with van der Waals surface area (Å²) < 4.78 is 33.7. The minimum Gasteiger partial charge on any atom is -0.505 e. The summed E-state index contributed by atoms with van der Waals surface area (Å²) in [5.41, 5.74) is 1.27. The lowest BCUT2D eigenvalue weighted by Gasteiger charge is -2.42. The second-order valence-corrected chi connectivity index (χ2v) is 21.9. The first-order chi connectivity index (χ1) is 36.3. The van der Waals surface area contributed by atoms with Gasteiger partial charge in [0, 0.05) is 58.5 Å². The number of fused-ring (bicyclic) bond motifs is 3. The summed E-state index contributed by atoms with van der Waals surface area (Å²) in [4.78, 5) is 82.3. The lowest BCUT2D eigenvalue weighted by molar-refractivity contribution is -0.265. The Hall–Kier alpha value is -4.64. The Morgan fingerprint density at radius 2 is 1.53 bits per heavy atom. The van der Waals surface area contributed by atoms with Gasteiger partial charge in [-0.25, -0.2) is 9.59 Å². The lowest BCUT2D eigenvalue weighted by atomic mass is 9.78. The van der Waals surface area contributed by atoms with Crippen LogP contribution in [-0.4, -0.2) is 177 Å². The molecule has 7 N–H and O–H groups in total. The van der Waals surface area contributed by atoms with Crippen LogP contribution in [0.3, 0.4) is 0 Å². The monoisotopic (exact) mass is 1090 g/mol. The number of methoxy groups -OCH3 is 3. The topological polar surface area (TPSA) is 303 Å². The van der Waals surface area contributed by atoms with Gasteiger partial charge in [-0.3, -0.25) is 19.2 Å². The minimum absolute atomic E-state index is 0.0193. The van der Waals surface area contributed by atoms with Crippen molar-refractivity contribution in [1.82, 2.24) is 4.90 Å². The van der Waals surface area contributed by atoms with Crippen molar-refractivity contribution in [3.63, 3.8) is 0 Å². The summed E-state index contributed by atoms with van der Waals surface area (Å²) in [7, 11) is 4.52. The lowest BCUT2D eigenvalue weighted by Crippen LogP contribution is -2.61.